The molecule has 1 N–H and O–H groups in total. The summed E-state index contributed by atoms with van der Waals surface area (Å²) in [4.78, 5) is 34.1. The quantitative estimate of drug-likeness (QED) is 0.243. The molecule has 2 fully saturated rings. The van der Waals surface area contributed by atoms with Gasteiger partial charge in [0.2, 0.25) is 0 Å². The Balaban J connectivity index is 0.000000156. The predicted molar refractivity (Wildman–Crippen MR) is 168 cm³/mol. The molecule has 8 nitrogen and oxygen atoms in total. The van der Waals surface area contributed by atoms with Gasteiger partial charge in [0.25, 0.3) is 0 Å². The maximum atomic E-state index is 12.1. The Kier molecular flexibility index (Phi) is 12.2. The summed E-state index contributed by atoms with van der Waals surface area (Å²) in [6.45, 7) is 6.43. The third-order valence-corrected chi connectivity index (χ3v) is 8.95. The van der Waals surface area contributed by atoms with Crippen molar-refractivity contribution in [3.05, 3.63) is 53.0 Å². The molecule has 220 valence electrons. The second kappa shape index (κ2) is 16.0. The molecule has 0 saturated carbocycles. The van der Waals surface area contributed by atoms with Gasteiger partial charge in [0.05, 0.1) is 33.6 Å². The van der Waals surface area contributed by atoms with E-state index in [-0.39, 0.29) is 24.0 Å². The van der Waals surface area contributed by atoms with E-state index in [9.17, 15) is 9.59 Å². The molecule has 4 heterocycles. The van der Waals surface area contributed by atoms with Crippen LogP contribution in [0.1, 0.15) is 52.4 Å². The molecular weight excluding hydrogens is 580 g/mol. The van der Waals surface area contributed by atoms with E-state index in [1.165, 1.54) is 17.8 Å². The number of aromatic nitrogens is 2. The monoisotopic (exact) mass is 616 g/mol. The Labute approximate surface area is 254 Å². The van der Waals surface area contributed by atoms with Gasteiger partial charge in [-0.15, -0.1) is 11.3 Å². The summed E-state index contributed by atoms with van der Waals surface area (Å²) >= 11 is 8.85. The molecule has 6 rings (SSSR count). The van der Waals surface area contributed by atoms with Crippen molar-refractivity contribution in [3.63, 3.8) is 0 Å². The summed E-state index contributed by atoms with van der Waals surface area (Å²) in [7, 11) is 0. The number of thiazole rings is 2. The highest BCUT2D eigenvalue weighted by molar-refractivity contribution is 7.22. The zero-order valence-electron chi connectivity index (χ0n) is 23.5. The molecule has 2 aromatic heterocycles. The molecule has 0 spiro atoms. The number of para-hydroxylation sites is 2. The molecule has 2 aliphatic heterocycles. The molecular formula is C30H37ClN4O4S2. The number of rotatable bonds is 5. The number of carbonyl (C=O) groups excluding carboxylic acids is 2. The number of carbonyl (C=O) groups is 2. The SMILES string of the molecule is CCOC(=O)[C@@H]1CCCCN1.CCOC(=O)[C@@H]1CCCCN1c1nc2ccccc2s1.Clc1nc2ccccc2s1. The minimum atomic E-state index is -0.177. The van der Waals surface area contributed by atoms with Crippen LogP contribution in [-0.2, 0) is 19.1 Å². The van der Waals surface area contributed by atoms with Crippen LogP contribution in [0.2, 0.25) is 4.47 Å². The second-order valence-electron chi connectivity index (χ2n) is 9.61. The molecule has 0 radical (unpaired) electrons. The van der Waals surface area contributed by atoms with Crippen molar-refractivity contribution in [2.75, 3.05) is 31.2 Å². The van der Waals surface area contributed by atoms with Gasteiger partial charge in [-0.05, 0) is 76.8 Å². The van der Waals surface area contributed by atoms with Crippen LogP contribution in [0.3, 0.4) is 0 Å². The van der Waals surface area contributed by atoms with Crippen LogP contribution in [0.25, 0.3) is 20.4 Å². The lowest BCUT2D eigenvalue weighted by atomic mass is 10.0. The summed E-state index contributed by atoms with van der Waals surface area (Å²) in [6, 6.07) is 15.8. The number of halogens is 1. The number of benzene rings is 2. The largest absolute Gasteiger partial charge is 0.465 e. The number of fused-ring (bicyclic) bond motifs is 2. The molecule has 2 saturated heterocycles. The highest BCUT2D eigenvalue weighted by Crippen LogP contribution is 2.33. The first-order valence-corrected chi connectivity index (χ1v) is 16.2. The van der Waals surface area contributed by atoms with Gasteiger partial charge in [0.1, 0.15) is 12.1 Å². The molecule has 0 unspecified atom stereocenters. The Bertz CT molecular complexity index is 1340. The van der Waals surface area contributed by atoms with Crippen LogP contribution >= 0.6 is 34.3 Å². The first-order chi connectivity index (χ1) is 20.0. The Hall–Kier alpha value is -2.79. The van der Waals surface area contributed by atoms with Crippen molar-refractivity contribution < 1.29 is 19.1 Å². The fraction of sp³-hybridized carbons (Fsp3) is 0.467. The summed E-state index contributed by atoms with van der Waals surface area (Å²) in [5, 5.41) is 4.06. The lowest BCUT2D eigenvalue weighted by Gasteiger charge is -2.33. The molecule has 2 aliphatic rings. The van der Waals surface area contributed by atoms with Crippen molar-refractivity contribution >= 4 is 71.8 Å². The third-order valence-electron chi connectivity index (χ3n) is 6.74. The minimum Gasteiger partial charge on any atom is -0.465 e. The number of esters is 2. The van der Waals surface area contributed by atoms with Gasteiger partial charge >= 0.3 is 11.9 Å². The molecule has 0 bridgehead atoms. The van der Waals surface area contributed by atoms with Gasteiger partial charge in [0, 0.05) is 6.54 Å². The van der Waals surface area contributed by atoms with E-state index < -0.39 is 0 Å². The van der Waals surface area contributed by atoms with Crippen LogP contribution in [0.5, 0.6) is 0 Å². The molecule has 0 aliphatic carbocycles. The third kappa shape index (κ3) is 8.85. The number of ether oxygens (including phenoxy) is 2. The highest BCUT2D eigenvalue weighted by Gasteiger charge is 2.31. The van der Waals surface area contributed by atoms with Crippen molar-refractivity contribution in [2.24, 2.45) is 0 Å². The maximum Gasteiger partial charge on any atom is 0.328 e. The van der Waals surface area contributed by atoms with Gasteiger partial charge < -0.3 is 19.7 Å². The number of anilines is 1. The van der Waals surface area contributed by atoms with Gasteiger partial charge in [-0.3, -0.25) is 4.79 Å². The van der Waals surface area contributed by atoms with Crippen LogP contribution in [-0.4, -0.2) is 60.3 Å². The smallest absolute Gasteiger partial charge is 0.328 e. The normalized spacial score (nSPS) is 18.6. The number of hydrogen-bond acceptors (Lipinski definition) is 10. The van der Waals surface area contributed by atoms with Crippen molar-refractivity contribution in [3.8, 4) is 0 Å². The summed E-state index contributed by atoms with van der Waals surface area (Å²) in [5.74, 6) is -0.210. The van der Waals surface area contributed by atoms with Gasteiger partial charge in [-0.25, -0.2) is 14.8 Å². The van der Waals surface area contributed by atoms with Crippen LogP contribution in [0.15, 0.2) is 48.5 Å². The molecule has 4 aromatic rings. The van der Waals surface area contributed by atoms with E-state index in [1.807, 2.05) is 56.3 Å². The standard InChI is InChI=1S/C15H18N2O2S.C8H15NO2.C7H4ClNS/c1-2-19-14(18)12-8-5-6-10-17(12)15-16-11-7-3-4-9-13(11)20-15;1-2-11-8(10)7-5-3-4-6-9-7;8-7-9-5-3-1-2-4-6(5)10-7/h3-4,7,9,12H,2,5-6,8,10H2,1H3;7,9H,2-6H2,1H3;1-4H/t12-;7-;/m00./s1. The average molecular weight is 617 g/mol. The Morgan fingerprint density at radius 2 is 1.51 bits per heavy atom. The van der Waals surface area contributed by atoms with E-state index >= 15 is 0 Å². The van der Waals surface area contributed by atoms with E-state index in [0.29, 0.717) is 17.7 Å². The molecule has 41 heavy (non-hydrogen) atoms. The van der Waals surface area contributed by atoms with E-state index in [0.717, 1.165) is 70.8 Å². The number of hydrogen-bond donors (Lipinski definition) is 1. The fourth-order valence-electron chi connectivity index (χ4n) is 4.77. The summed E-state index contributed by atoms with van der Waals surface area (Å²) in [6.07, 6.45) is 6.27. The van der Waals surface area contributed by atoms with E-state index in [1.54, 1.807) is 11.3 Å². The van der Waals surface area contributed by atoms with Crippen LogP contribution in [0, 0.1) is 0 Å². The van der Waals surface area contributed by atoms with Gasteiger partial charge in [-0.2, -0.15) is 0 Å². The zero-order chi connectivity index (χ0) is 29.0. The van der Waals surface area contributed by atoms with E-state index in [4.69, 9.17) is 21.1 Å². The van der Waals surface area contributed by atoms with E-state index in [2.05, 4.69) is 26.3 Å². The molecule has 0 amide bonds. The van der Waals surface area contributed by atoms with Gasteiger partial charge in [-0.1, -0.05) is 53.6 Å². The predicted octanol–water partition coefficient (Wildman–Crippen LogP) is 6.86. The number of piperidine rings is 2. The maximum absolute atomic E-state index is 12.1. The van der Waals surface area contributed by atoms with Gasteiger partial charge in [0.15, 0.2) is 9.60 Å². The summed E-state index contributed by atoms with van der Waals surface area (Å²) < 4.78 is 13.0. The van der Waals surface area contributed by atoms with Crippen molar-refractivity contribution in [1.82, 2.24) is 15.3 Å². The average Bonchev–Trinajstić information content (AvgIpc) is 3.61. The Morgan fingerprint density at radius 3 is 2.15 bits per heavy atom. The first kappa shape index (κ1) is 31.2. The first-order valence-electron chi connectivity index (χ1n) is 14.2. The van der Waals surface area contributed by atoms with Crippen molar-refractivity contribution in [2.45, 2.75) is 64.5 Å². The Morgan fingerprint density at radius 1 is 0.878 bits per heavy atom. The lowest BCUT2D eigenvalue weighted by Crippen LogP contribution is -2.45. The number of nitrogens with one attached hydrogen (secondary N) is 1. The number of nitrogens with zero attached hydrogens (tertiary/aromatic N) is 3. The summed E-state index contributed by atoms with van der Waals surface area (Å²) in [5.41, 5.74) is 1.98. The lowest BCUT2D eigenvalue weighted by molar-refractivity contribution is -0.146. The second-order valence-corrected chi connectivity index (χ2v) is 12.2. The minimum absolute atomic E-state index is 0.0382. The molecule has 2 aromatic carbocycles. The molecule has 2 atom stereocenters. The van der Waals surface area contributed by atoms with Crippen LogP contribution < -0.4 is 10.2 Å². The topological polar surface area (TPSA) is 93.6 Å². The zero-order valence-corrected chi connectivity index (χ0v) is 25.9. The van der Waals surface area contributed by atoms with Crippen molar-refractivity contribution in [1.29, 1.82) is 0 Å². The highest BCUT2D eigenvalue weighted by atomic mass is 35.5. The fourth-order valence-corrected chi connectivity index (χ4v) is 6.84. The molecule has 11 heteroatoms. The van der Waals surface area contributed by atoms with Crippen LogP contribution in [0.4, 0.5) is 5.13 Å².